The molecule has 12 heavy (non-hydrogen) atoms. The summed E-state index contributed by atoms with van der Waals surface area (Å²) in [5.74, 6) is 0. The molecule has 0 saturated carbocycles. The second-order valence-corrected chi connectivity index (χ2v) is 3.02. The van der Waals surface area contributed by atoms with E-state index in [-0.39, 0.29) is 6.04 Å². The van der Waals surface area contributed by atoms with Gasteiger partial charge in [0.2, 0.25) is 0 Å². The highest BCUT2D eigenvalue weighted by Gasteiger charge is 2.07. The van der Waals surface area contributed by atoms with Gasteiger partial charge in [0.05, 0.1) is 0 Å². The normalized spacial score (nSPS) is 12.9. The number of nitrogens with one attached hydrogen (secondary N) is 1. The number of rotatable bonds is 3. The monoisotopic (exact) mass is 184 g/mol. The molecule has 0 fully saturated rings. The average molecular weight is 185 g/mol. The van der Waals surface area contributed by atoms with Gasteiger partial charge in [0.1, 0.15) is 5.15 Å². The van der Waals surface area contributed by atoms with Gasteiger partial charge in [-0.1, -0.05) is 24.6 Å². The number of nitrogens with zero attached hydrogens (tertiary/aromatic N) is 1. The summed E-state index contributed by atoms with van der Waals surface area (Å²) in [4.78, 5) is 4.01. The Morgan fingerprint density at radius 3 is 3.00 bits per heavy atom. The smallest absolute Gasteiger partial charge is 0.133 e. The van der Waals surface area contributed by atoms with Crippen LogP contribution in [0.3, 0.4) is 0 Å². The third-order valence-corrected chi connectivity index (χ3v) is 2.08. The quantitative estimate of drug-likeness (QED) is 0.730. The highest BCUT2D eigenvalue weighted by atomic mass is 35.5. The predicted molar refractivity (Wildman–Crippen MR) is 51.3 cm³/mol. The standard InChI is InChI=1S/C9H13ClN2/c1-3-11-7(2)8-5-4-6-12-9(8)10/h4-7,11H,3H2,1-2H3. The molecule has 0 saturated heterocycles. The molecule has 1 unspecified atom stereocenters. The van der Waals surface area contributed by atoms with Gasteiger partial charge in [0.25, 0.3) is 0 Å². The molecule has 0 aliphatic carbocycles. The third-order valence-electron chi connectivity index (χ3n) is 1.76. The molecule has 0 aromatic carbocycles. The molecule has 0 radical (unpaired) electrons. The molecule has 0 amide bonds. The first-order chi connectivity index (χ1) is 5.75. The second kappa shape index (κ2) is 4.43. The van der Waals surface area contributed by atoms with Crippen LogP contribution >= 0.6 is 11.6 Å². The topological polar surface area (TPSA) is 24.9 Å². The van der Waals surface area contributed by atoms with E-state index in [4.69, 9.17) is 11.6 Å². The first-order valence-corrected chi connectivity index (χ1v) is 4.47. The van der Waals surface area contributed by atoms with Crippen LogP contribution in [0.25, 0.3) is 0 Å². The van der Waals surface area contributed by atoms with Crippen molar-refractivity contribution in [1.82, 2.24) is 10.3 Å². The maximum atomic E-state index is 5.90. The molecular weight excluding hydrogens is 172 g/mol. The Labute approximate surface area is 78.0 Å². The molecule has 1 aromatic rings. The minimum Gasteiger partial charge on any atom is -0.310 e. The minimum atomic E-state index is 0.274. The second-order valence-electron chi connectivity index (χ2n) is 2.66. The van der Waals surface area contributed by atoms with Crippen molar-refractivity contribution in [1.29, 1.82) is 0 Å². The zero-order chi connectivity index (χ0) is 8.97. The van der Waals surface area contributed by atoms with Gasteiger partial charge >= 0.3 is 0 Å². The number of hydrogen-bond donors (Lipinski definition) is 1. The van der Waals surface area contributed by atoms with E-state index in [0.29, 0.717) is 5.15 Å². The predicted octanol–water partition coefficient (Wildman–Crippen LogP) is 2.41. The molecule has 0 aliphatic rings. The Hall–Kier alpha value is -0.600. The highest BCUT2D eigenvalue weighted by Crippen LogP contribution is 2.19. The first-order valence-electron chi connectivity index (χ1n) is 4.09. The number of hydrogen-bond acceptors (Lipinski definition) is 2. The fraction of sp³-hybridized carbons (Fsp3) is 0.444. The van der Waals surface area contributed by atoms with Crippen LogP contribution in [0.15, 0.2) is 18.3 Å². The summed E-state index contributed by atoms with van der Waals surface area (Å²) in [6.45, 7) is 5.08. The largest absolute Gasteiger partial charge is 0.310 e. The van der Waals surface area contributed by atoms with Crippen LogP contribution in [0.4, 0.5) is 0 Å². The van der Waals surface area contributed by atoms with Crippen molar-refractivity contribution in [2.75, 3.05) is 6.54 Å². The molecule has 0 aliphatic heterocycles. The SMILES string of the molecule is CCNC(C)c1cccnc1Cl. The van der Waals surface area contributed by atoms with Gasteiger partial charge in [-0.05, 0) is 19.5 Å². The van der Waals surface area contributed by atoms with Crippen molar-refractivity contribution < 1.29 is 0 Å². The van der Waals surface area contributed by atoms with Crippen LogP contribution in [0, 0.1) is 0 Å². The summed E-state index contributed by atoms with van der Waals surface area (Å²) in [7, 11) is 0. The Kier molecular flexibility index (Phi) is 3.50. The molecule has 1 N–H and O–H groups in total. The maximum Gasteiger partial charge on any atom is 0.133 e. The first kappa shape index (κ1) is 9.49. The van der Waals surface area contributed by atoms with Crippen LogP contribution in [0.5, 0.6) is 0 Å². The lowest BCUT2D eigenvalue weighted by atomic mass is 10.1. The fourth-order valence-electron chi connectivity index (χ4n) is 1.14. The Morgan fingerprint density at radius 1 is 1.67 bits per heavy atom. The molecule has 0 bridgehead atoms. The minimum absolute atomic E-state index is 0.274. The molecular formula is C9H13ClN2. The lowest BCUT2D eigenvalue weighted by Crippen LogP contribution is -2.18. The number of pyridine rings is 1. The fourth-order valence-corrected chi connectivity index (χ4v) is 1.42. The Balaban J connectivity index is 2.79. The zero-order valence-electron chi connectivity index (χ0n) is 7.34. The van der Waals surface area contributed by atoms with Crippen LogP contribution in [0.1, 0.15) is 25.5 Å². The van der Waals surface area contributed by atoms with E-state index in [1.807, 2.05) is 12.1 Å². The summed E-state index contributed by atoms with van der Waals surface area (Å²) < 4.78 is 0. The molecule has 1 atom stereocenters. The molecule has 2 nitrogen and oxygen atoms in total. The van der Waals surface area contributed by atoms with Gasteiger partial charge in [-0.2, -0.15) is 0 Å². The van der Waals surface area contributed by atoms with Gasteiger partial charge in [-0.25, -0.2) is 4.98 Å². The van der Waals surface area contributed by atoms with Crippen LogP contribution < -0.4 is 5.32 Å². The number of aromatic nitrogens is 1. The van der Waals surface area contributed by atoms with Crippen molar-refractivity contribution in [3.05, 3.63) is 29.0 Å². The summed E-state index contributed by atoms with van der Waals surface area (Å²) in [5, 5.41) is 3.87. The summed E-state index contributed by atoms with van der Waals surface area (Å²) in [6.07, 6.45) is 1.70. The van der Waals surface area contributed by atoms with E-state index in [1.54, 1.807) is 6.20 Å². The van der Waals surface area contributed by atoms with E-state index in [2.05, 4.69) is 24.1 Å². The lowest BCUT2D eigenvalue weighted by Gasteiger charge is -2.12. The Bertz CT molecular complexity index is 250. The van der Waals surface area contributed by atoms with E-state index in [1.165, 1.54) is 0 Å². The number of halogens is 1. The van der Waals surface area contributed by atoms with Crippen LogP contribution in [-0.4, -0.2) is 11.5 Å². The van der Waals surface area contributed by atoms with Gasteiger partial charge in [-0.15, -0.1) is 0 Å². The summed E-state index contributed by atoms with van der Waals surface area (Å²) >= 11 is 5.90. The van der Waals surface area contributed by atoms with Crippen LogP contribution in [-0.2, 0) is 0 Å². The lowest BCUT2D eigenvalue weighted by molar-refractivity contribution is 0.596. The average Bonchev–Trinajstić information content (AvgIpc) is 2.05. The molecule has 3 heteroatoms. The molecule has 66 valence electrons. The van der Waals surface area contributed by atoms with Crippen molar-refractivity contribution in [3.63, 3.8) is 0 Å². The van der Waals surface area contributed by atoms with Crippen molar-refractivity contribution in [2.24, 2.45) is 0 Å². The molecule has 1 rings (SSSR count). The third kappa shape index (κ3) is 2.19. The van der Waals surface area contributed by atoms with Gasteiger partial charge in [0, 0.05) is 17.8 Å². The van der Waals surface area contributed by atoms with E-state index in [9.17, 15) is 0 Å². The van der Waals surface area contributed by atoms with Gasteiger partial charge in [-0.3, -0.25) is 0 Å². The van der Waals surface area contributed by atoms with Crippen molar-refractivity contribution in [3.8, 4) is 0 Å². The zero-order valence-corrected chi connectivity index (χ0v) is 8.10. The summed E-state index contributed by atoms with van der Waals surface area (Å²) in [5.41, 5.74) is 1.06. The van der Waals surface area contributed by atoms with E-state index < -0.39 is 0 Å². The van der Waals surface area contributed by atoms with E-state index in [0.717, 1.165) is 12.1 Å². The summed E-state index contributed by atoms with van der Waals surface area (Å²) in [6, 6.07) is 4.16. The van der Waals surface area contributed by atoms with E-state index >= 15 is 0 Å². The maximum absolute atomic E-state index is 5.90. The molecule has 0 spiro atoms. The van der Waals surface area contributed by atoms with Gasteiger partial charge < -0.3 is 5.32 Å². The van der Waals surface area contributed by atoms with Crippen LogP contribution in [0.2, 0.25) is 5.15 Å². The Morgan fingerprint density at radius 2 is 2.42 bits per heavy atom. The van der Waals surface area contributed by atoms with Crippen molar-refractivity contribution >= 4 is 11.6 Å². The van der Waals surface area contributed by atoms with Gasteiger partial charge in [0.15, 0.2) is 0 Å². The van der Waals surface area contributed by atoms with Crippen molar-refractivity contribution in [2.45, 2.75) is 19.9 Å². The molecule has 1 aromatic heterocycles. The highest BCUT2D eigenvalue weighted by molar-refractivity contribution is 6.30. The molecule has 1 heterocycles.